The molecule has 1 aromatic carbocycles. The van der Waals surface area contributed by atoms with Gasteiger partial charge in [0.25, 0.3) is 0 Å². The second-order valence-electron chi connectivity index (χ2n) is 10.3. The van der Waals surface area contributed by atoms with Crippen molar-refractivity contribution in [2.75, 3.05) is 52.4 Å². The largest absolute Gasteiger partial charge is 0.393 e. The lowest BCUT2D eigenvalue weighted by molar-refractivity contribution is -0.00783. The molecule has 3 aliphatic heterocycles. The number of carbonyl (C=O) groups is 1. The van der Waals surface area contributed by atoms with E-state index >= 15 is 0 Å². The fourth-order valence-corrected chi connectivity index (χ4v) is 5.82. The monoisotopic (exact) mass is 480 g/mol. The molecule has 5 rings (SSSR count). The zero-order valence-electron chi connectivity index (χ0n) is 18.6. The van der Waals surface area contributed by atoms with Crippen molar-refractivity contribution in [2.45, 2.75) is 49.7 Å². The van der Waals surface area contributed by atoms with Crippen molar-refractivity contribution in [3.63, 3.8) is 0 Å². The van der Waals surface area contributed by atoms with Gasteiger partial charge in [-0.1, -0.05) is 29.3 Å². The van der Waals surface area contributed by atoms with Gasteiger partial charge in [-0.25, -0.2) is 4.79 Å². The summed E-state index contributed by atoms with van der Waals surface area (Å²) in [6.45, 7) is 7.41. The third-order valence-electron chi connectivity index (χ3n) is 7.93. The molecule has 1 aromatic rings. The average molecular weight is 481 g/mol. The number of carbonyl (C=O) groups excluding carboxylic acids is 1. The molecule has 1 unspecified atom stereocenters. The van der Waals surface area contributed by atoms with Gasteiger partial charge in [0.1, 0.15) is 0 Å². The second kappa shape index (κ2) is 9.30. The van der Waals surface area contributed by atoms with Crippen LogP contribution in [-0.4, -0.2) is 90.3 Å². The number of piperidine rings is 1. The highest BCUT2D eigenvalue weighted by Crippen LogP contribution is 2.38. The number of aliphatic hydroxyl groups excluding tert-OH is 1. The Morgan fingerprint density at radius 3 is 2.53 bits per heavy atom. The Balaban J connectivity index is 1.25. The van der Waals surface area contributed by atoms with Gasteiger partial charge >= 0.3 is 6.03 Å². The van der Waals surface area contributed by atoms with Crippen molar-refractivity contribution in [1.29, 1.82) is 0 Å². The van der Waals surface area contributed by atoms with Gasteiger partial charge in [-0.05, 0) is 62.3 Å². The van der Waals surface area contributed by atoms with Crippen LogP contribution in [0, 0.1) is 5.92 Å². The number of nitrogens with zero attached hydrogens (tertiary/aromatic N) is 3. The van der Waals surface area contributed by atoms with Gasteiger partial charge in [-0.2, -0.15) is 0 Å². The Morgan fingerprint density at radius 2 is 1.84 bits per heavy atom. The minimum atomic E-state index is -0.169. The first-order valence-corrected chi connectivity index (χ1v) is 12.8. The van der Waals surface area contributed by atoms with Gasteiger partial charge in [0.15, 0.2) is 0 Å². The first kappa shape index (κ1) is 22.7. The Morgan fingerprint density at radius 1 is 1.09 bits per heavy atom. The Hall–Kier alpha value is -1.05. The van der Waals surface area contributed by atoms with Gasteiger partial charge in [0.05, 0.1) is 16.1 Å². The molecule has 1 aliphatic carbocycles. The van der Waals surface area contributed by atoms with E-state index in [9.17, 15) is 9.90 Å². The molecule has 0 radical (unpaired) electrons. The summed E-state index contributed by atoms with van der Waals surface area (Å²) in [6.07, 6.45) is 5.10. The SMILES string of the molecule is O=C1NCC(CCN2CC(N3CCC(O)CC3)C2)(c2ccc(Cl)c(Cl)c2)CN1CC1CC1. The predicted molar refractivity (Wildman–Crippen MR) is 127 cm³/mol. The first-order valence-electron chi connectivity index (χ1n) is 12.0. The Kier molecular flexibility index (Phi) is 6.61. The molecule has 1 atom stereocenters. The van der Waals surface area contributed by atoms with Crippen molar-refractivity contribution in [3.8, 4) is 0 Å². The Bertz CT molecular complexity index is 837. The van der Waals surface area contributed by atoms with Crippen LogP contribution in [0.3, 0.4) is 0 Å². The molecule has 8 heteroatoms. The zero-order chi connectivity index (χ0) is 22.3. The van der Waals surface area contributed by atoms with Crippen LogP contribution in [0.5, 0.6) is 0 Å². The maximum Gasteiger partial charge on any atom is 0.317 e. The zero-order valence-corrected chi connectivity index (χ0v) is 20.1. The van der Waals surface area contributed by atoms with Crippen molar-refractivity contribution in [1.82, 2.24) is 20.0 Å². The fourth-order valence-electron chi connectivity index (χ4n) is 5.52. The molecule has 4 fully saturated rings. The van der Waals surface area contributed by atoms with Gasteiger partial charge in [-0.3, -0.25) is 4.90 Å². The molecule has 32 heavy (non-hydrogen) atoms. The first-order chi connectivity index (χ1) is 15.4. The van der Waals surface area contributed by atoms with E-state index in [-0.39, 0.29) is 17.6 Å². The minimum Gasteiger partial charge on any atom is -0.393 e. The lowest BCUT2D eigenvalue weighted by Crippen LogP contribution is -2.63. The summed E-state index contributed by atoms with van der Waals surface area (Å²) in [5.74, 6) is 0.657. The van der Waals surface area contributed by atoms with E-state index < -0.39 is 0 Å². The van der Waals surface area contributed by atoms with Crippen LogP contribution < -0.4 is 5.32 Å². The predicted octanol–water partition coefficient (Wildman–Crippen LogP) is 3.20. The lowest BCUT2D eigenvalue weighted by Gasteiger charge is -2.49. The molecule has 2 N–H and O–H groups in total. The number of halogens is 2. The standard InChI is InChI=1S/C24H34Cl2N4O2/c25-21-4-3-18(11-22(21)26)24(15-27-23(32)30(16-24)12-17-1-2-17)7-10-28-13-19(14-28)29-8-5-20(31)6-9-29/h3-4,11,17,19-20,31H,1-2,5-10,12-16H2,(H,27,32). The number of rotatable bonds is 7. The van der Waals surface area contributed by atoms with Gasteiger partial charge < -0.3 is 20.2 Å². The van der Waals surface area contributed by atoms with Gasteiger partial charge in [-0.15, -0.1) is 0 Å². The summed E-state index contributed by atoms with van der Waals surface area (Å²) in [6, 6.07) is 6.63. The molecule has 6 nitrogen and oxygen atoms in total. The summed E-state index contributed by atoms with van der Waals surface area (Å²) in [5, 5.41) is 14.1. The lowest BCUT2D eigenvalue weighted by atomic mass is 9.75. The van der Waals surface area contributed by atoms with E-state index in [0.717, 1.165) is 70.6 Å². The van der Waals surface area contributed by atoms with Crippen LogP contribution in [0.15, 0.2) is 18.2 Å². The van der Waals surface area contributed by atoms with E-state index in [1.54, 1.807) is 0 Å². The number of nitrogens with one attached hydrogen (secondary N) is 1. The molecule has 2 amide bonds. The Labute approximate surface area is 200 Å². The van der Waals surface area contributed by atoms with Crippen LogP contribution in [0.25, 0.3) is 0 Å². The van der Waals surface area contributed by atoms with Gasteiger partial charge in [0.2, 0.25) is 0 Å². The number of benzene rings is 1. The number of amides is 2. The minimum absolute atomic E-state index is 0.0592. The van der Waals surface area contributed by atoms with Crippen molar-refractivity contribution in [2.24, 2.45) is 5.92 Å². The average Bonchev–Trinajstić information content (AvgIpc) is 3.56. The van der Waals surface area contributed by atoms with Crippen LogP contribution in [0.4, 0.5) is 4.79 Å². The molecule has 0 bridgehead atoms. The highest BCUT2D eigenvalue weighted by molar-refractivity contribution is 6.42. The topological polar surface area (TPSA) is 59.1 Å². The number of likely N-dealkylation sites (tertiary alicyclic amines) is 2. The van der Waals surface area contributed by atoms with E-state index in [2.05, 4.69) is 21.2 Å². The highest BCUT2D eigenvalue weighted by Gasteiger charge is 2.43. The molecular formula is C24H34Cl2N4O2. The normalized spacial score (nSPS) is 28.6. The fraction of sp³-hybridized carbons (Fsp3) is 0.708. The summed E-state index contributed by atoms with van der Waals surface area (Å²) < 4.78 is 0. The molecule has 3 saturated heterocycles. The summed E-state index contributed by atoms with van der Waals surface area (Å²) in [7, 11) is 0. The third kappa shape index (κ3) is 4.90. The van der Waals surface area contributed by atoms with Crippen LogP contribution in [0.1, 0.15) is 37.7 Å². The van der Waals surface area contributed by atoms with Crippen LogP contribution >= 0.6 is 23.2 Å². The molecule has 3 heterocycles. The van der Waals surface area contributed by atoms with E-state index in [4.69, 9.17) is 23.2 Å². The number of urea groups is 1. The number of hydrogen-bond acceptors (Lipinski definition) is 4. The van der Waals surface area contributed by atoms with E-state index in [1.165, 1.54) is 12.8 Å². The summed E-state index contributed by atoms with van der Waals surface area (Å²) >= 11 is 12.6. The second-order valence-corrected chi connectivity index (χ2v) is 11.1. The third-order valence-corrected chi connectivity index (χ3v) is 8.67. The molecular weight excluding hydrogens is 447 g/mol. The van der Waals surface area contributed by atoms with Crippen molar-refractivity contribution >= 4 is 29.2 Å². The van der Waals surface area contributed by atoms with Crippen molar-refractivity contribution < 1.29 is 9.90 Å². The summed E-state index contributed by atoms with van der Waals surface area (Å²) in [5.41, 5.74) is 0.993. The maximum absolute atomic E-state index is 12.6. The summed E-state index contributed by atoms with van der Waals surface area (Å²) in [4.78, 5) is 19.7. The van der Waals surface area contributed by atoms with Crippen LogP contribution in [-0.2, 0) is 5.41 Å². The molecule has 4 aliphatic rings. The van der Waals surface area contributed by atoms with Crippen LogP contribution in [0.2, 0.25) is 10.0 Å². The molecule has 0 spiro atoms. The van der Waals surface area contributed by atoms with E-state index in [1.807, 2.05) is 17.0 Å². The van der Waals surface area contributed by atoms with Gasteiger partial charge in [0, 0.05) is 57.3 Å². The molecule has 176 valence electrons. The maximum atomic E-state index is 12.6. The smallest absolute Gasteiger partial charge is 0.317 e. The number of hydrogen-bond donors (Lipinski definition) is 2. The molecule has 0 aromatic heterocycles. The van der Waals surface area contributed by atoms with Crippen molar-refractivity contribution in [3.05, 3.63) is 33.8 Å². The quantitative estimate of drug-likeness (QED) is 0.628. The van der Waals surface area contributed by atoms with E-state index in [0.29, 0.717) is 28.5 Å². The molecule has 1 saturated carbocycles. The number of aliphatic hydroxyl groups is 1. The highest BCUT2D eigenvalue weighted by atomic mass is 35.5.